The van der Waals surface area contributed by atoms with Crippen LogP contribution >= 0.6 is 0 Å². The Morgan fingerprint density at radius 1 is 1.08 bits per heavy atom. The van der Waals surface area contributed by atoms with E-state index in [1.165, 1.54) is 0 Å². The first-order valence-electron chi connectivity index (χ1n) is 7.61. The summed E-state index contributed by atoms with van der Waals surface area (Å²) >= 11 is 0. The van der Waals surface area contributed by atoms with E-state index in [-0.39, 0.29) is 11.1 Å². The van der Waals surface area contributed by atoms with Crippen LogP contribution in [0, 0.1) is 13.8 Å². The van der Waals surface area contributed by atoms with Crippen molar-refractivity contribution in [3.05, 3.63) is 53.0 Å². The SMILES string of the molecule is Cc1ccc(C(=O)Nc2ccnc(C)n2)c(C(=O)OC(C)(C)C)c1. The molecule has 6 heteroatoms. The second-order valence-electron chi connectivity index (χ2n) is 6.49. The smallest absolute Gasteiger partial charge is 0.339 e. The number of amides is 1. The van der Waals surface area contributed by atoms with Crippen molar-refractivity contribution in [3.8, 4) is 0 Å². The van der Waals surface area contributed by atoms with Gasteiger partial charge in [0.2, 0.25) is 0 Å². The number of esters is 1. The van der Waals surface area contributed by atoms with Gasteiger partial charge >= 0.3 is 5.97 Å². The molecule has 6 nitrogen and oxygen atoms in total. The van der Waals surface area contributed by atoms with E-state index in [1.807, 2.05) is 6.92 Å². The normalized spacial score (nSPS) is 11.0. The van der Waals surface area contributed by atoms with Crippen LogP contribution in [-0.2, 0) is 4.74 Å². The maximum absolute atomic E-state index is 12.5. The number of benzene rings is 1. The minimum Gasteiger partial charge on any atom is -0.456 e. The van der Waals surface area contributed by atoms with Gasteiger partial charge in [-0.05, 0) is 52.8 Å². The molecule has 1 aromatic heterocycles. The van der Waals surface area contributed by atoms with Gasteiger partial charge in [-0.25, -0.2) is 14.8 Å². The average Bonchev–Trinajstić information content (AvgIpc) is 2.45. The molecule has 1 amide bonds. The van der Waals surface area contributed by atoms with Crippen LogP contribution in [0.5, 0.6) is 0 Å². The summed E-state index contributed by atoms with van der Waals surface area (Å²) in [5.41, 5.74) is 0.697. The van der Waals surface area contributed by atoms with E-state index in [9.17, 15) is 9.59 Å². The summed E-state index contributed by atoms with van der Waals surface area (Å²) in [7, 11) is 0. The molecule has 126 valence electrons. The maximum Gasteiger partial charge on any atom is 0.339 e. The lowest BCUT2D eigenvalue weighted by atomic mass is 10.0. The highest BCUT2D eigenvalue weighted by Gasteiger charge is 2.23. The Morgan fingerprint density at radius 2 is 1.79 bits per heavy atom. The van der Waals surface area contributed by atoms with Gasteiger partial charge in [0, 0.05) is 6.20 Å². The Kier molecular flexibility index (Phi) is 4.97. The number of carbonyl (C=O) groups excluding carboxylic acids is 2. The van der Waals surface area contributed by atoms with Crippen LogP contribution in [0.2, 0.25) is 0 Å². The van der Waals surface area contributed by atoms with Gasteiger partial charge in [0.15, 0.2) is 0 Å². The van der Waals surface area contributed by atoms with E-state index >= 15 is 0 Å². The van der Waals surface area contributed by atoms with Gasteiger partial charge < -0.3 is 10.1 Å². The molecule has 0 saturated carbocycles. The van der Waals surface area contributed by atoms with Crippen LogP contribution in [0.25, 0.3) is 0 Å². The molecule has 0 aliphatic heterocycles. The summed E-state index contributed by atoms with van der Waals surface area (Å²) in [5.74, 6) is -0.0311. The Labute approximate surface area is 141 Å². The zero-order chi connectivity index (χ0) is 17.9. The first-order chi connectivity index (χ1) is 11.2. The topological polar surface area (TPSA) is 81.2 Å². The number of carbonyl (C=O) groups is 2. The third kappa shape index (κ3) is 4.62. The molecular formula is C18H21N3O3. The predicted octanol–water partition coefficient (Wildman–Crippen LogP) is 3.30. The second-order valence-corrected chi connectivity index (χ2v) is 6.49. The van der Waals surface area contributed by atoms with E-state index in [0.717, 1.165) is 5.56 Å². The largest absolute Gasteiger partial charge is 0.456 e. The van der Waals surface area contributed by atoms with Gasteiger partial charge in [-0.3, -0.25) is 4.79 Å². The van der Waals surface area contributed by atoms with Crippen LogP contribution in [0.15, 0.2) is 30.5 Å². The number of ether oxygens (including phenoxy) is 1. The van der Waals surface area contributed by atoms with Gasteiger partial charge in [-0.2, -0.15) is 0 Å². The van der Waals surface area contributed by atoms with Crippen LogP contribution in [0.3, 0.4) is 0 Å². The molecule has 0 atom stereocenters. The van der Waals surface area contributed by atoms with Gasteiger partial charge in [-0.1, -0.05) is 11.6 Å². The fourth-order valence-electron chi connectivity index (χ4n) is 2.07. The molecule has 2 rings (SSSR count). The van der Waals surface area contributed by atoms with Gasteiger partial charge in [0.05, 0.1) is 11.1 Å². The van der Waals surface area contributed by atoms with Crippen LogP contribution in [-0.4, -0.2) is 27.4 Å². The highest BCUT2D eigenvalue weighted by atomic mass is 16.6. The zero-order valence-electron chi connectivity index (χ0n) is 14.5. The molecule has 2 aromatic rings. The summed E-state index contributed by atoms with van der Waals surface area (Å²) < 4.78 is 5.39. The molecule has 1 heterocycles. The van der Waals surface area contributed by atoms with Crippen molar-refractivity contribution in [2.75, 3.05) is 5.32 Å². The van der Waals surface area contributed by atoms with Crippen molar-refractivity contribution in [1.82, 2.24) is 9.97 Å². The second kappa shape index (κ2) is 6.78. The number of hydrogen-bond acceptors (Lipinski definition) is 5. The van der Waals surface area contributed by atoms with Crippen molar-refractivity contribution >= 4 is 17.7 Å². The summed E-state index contributed by atoms with van der Waals surface area (Å²) in [5, 5.41) is 2.68. The summed E-state index contributed by atoms with van der Waals surface area (Å²) in [6.45, 7) is 8.93. The lowest BCUT2D eigenvalue weighted by molar-refractivity contribution is 0.00677. The van der Waals surface area contributed by atoms with E-state index in [0.29, 0.717) is 11.6 Å². The Morgan fingerprint density at radius 3 is 2.42 bits per heavy atom. The van der Waals surface area contributed by atoms with Crippen LogP contribution < -0.4 is 5.32 Å². The quantitative estimate of drug-likeness (QED) is 0.875. The third-order valence-electron chi connectivity index (χ3n) is 3.06. The molecule has 0 unspecified atom stereocenters. The standard InChI is InChI=1S/C18H21N3O3/c1-11-6-7-13(14(10-11)17(23)24-18(3,4)5)16(22)21-15-8-9-19-12(2)20-15/h6-10H,1-5H3,(H,19,20,21,22). The first-order valence-corrected chi connectivity index (χ1v) is 7.61. The maximum atomic E-state index is 12.5. The number of anilines is 1. The van der Waals surface area contributed by atoms with Crippen molar-refractivity contribution in [2.24, 2.45) is 0 Å². The van der Waals surface area contributed by atoms with Gasteiger partial charge in [0.1, 0.15) is 17.2 Å². The minimum absolute atomic E-state index is 0.230. The number of rotatable bonds is 3. The Hall–Kier alpha value is -2.76. The average molecular weight is 327 g/mol. The lowest BCUT2D eigenvalue weighted by Gasteiger charge is -2.20. The van der Waals surface area contributed by atoms with Crippen LogP contribution in [0.1, 0.15) is 52.9 Å². The van der Waals surface area contributed by atoms with E-state index in [1.54, 1.807) is 58.2 Å². The molecule has 0 spiro atoms. The minimum atomic E-state index is -0.641. The molecule has 1 aromatic carbocycles. The molecule has 0 fully saturated rings. The summed E-state index contributed by atoms with van der Waals surface area (Å²) in [4.78, 5) is 33.1. The number of hydrogen-bond donors (Lipinski definition) is 1. The number of aryl methyl sites for hydroxylation is 2. The monoisotopic (exact) mass is 327 g/mol. The van der Waals surface area contributed by atoms with Crippen molar-refractivity contribution in [1.29, 1.82) is 0 Å². The highest BCUT2D eigenvalue weighted by molar-refractivity contribution is 6.10. The summed E-state index contributed by atoms with van der Waals surface area (Å²) in [6, 6.07) is 6.62. The molecule has 0 saturated heterocycles. The van der Waals surface area contributed by atoms with Crippen molar-refractivity contribution in [2.45, 2.75) is 40.2 Å². The summed E-state index contributed by atoms with van der Waals surface area (Å²) in [6.07, 6.45) is 1.56. The van der Waals surface area contributed by atoms with E-state index in [4.69, 9.17) is 4.74 Å². The zero-order valence-corrected chi connectivity index (χ0v) is 14.5. The molecule has 0 aliphatic rings. The highest BCUT2D eigenvalue weighted by Crippen LogP contribution is 2.18. The molecule has 0 bridgehead atoms. The first kappa shape index (κ1) is 17.6. The predicted molar refractivity (Wildman–Crippen MR) is 91.1 cm³/mol. The van der Waals surface area contributed by atoms with Gasteiger partial charge in [0.25, 0.3) is 5.91 Å². The molecule has 0 aliphatic carbocycles. The van der Waals surface area contributed by atoms with E-state index < -0.39 is 17.5 Å². The Balaban J connectivity index is 2.32. The van der Waals surface area contributed by atoms with Gasteiger partial charge in [-0.15, -0.1) is 0 Å². The third-order valence-corrected chi connectivity index (χ3v) is 3.06. The number of nitrogens with zero attached hydrogens (tertiary/aromatic N) is 2. The van der Waals surface area contributed by atoms with Crippen LogP contribution in [0.4, 0.5) is 5.82 Å². The van der Waals surface area contributed by atoms with E-state index in [2.05, 4.69) is 15.3 Å². The number of aromatic nitrogens is 2. The number of nitrogens with one attached hydrogen (secondary N) is 1. The van der Waals surface area contributed by atoms with Crippen molar-refractivity contribution in [3.63, 3.8) is 0 Å². The molecule has 1 N–H and O–H groups in total. The fourth-order valence-corrected chi connectivity index (χ4v) is 2.07. The molecule has 24 heavy (non-hydrogen) atoms. The Bertz CT molecular complexity index is 779. The lowest BCUT2D eigenvalue weighted by Crippen LogP contribution is -2.26. The fraction of sp³-hybridized carbons (Fsp3) is 0.333. The molecular weight excluding hydrogens is 306 g/mol. The molecule has 0 radical (unpaired) electrons. The van der Waals surface area contributed by atoms with Crippen molar-refractivity contribution < 1.29 is 14.3 Å².